The number of para-hydroxylation sites is 1. The van der Waals surface area contributed by atoms with Crippen LogP contribution in [0.25, 0.3) is 10.9 Å². The van der Waals surface area contributed by atoms with Crippen molar-refractivity contribution in [2.45, 2.75) is 12.5 Å². The predicted molar refractivity (Wildman–Crippen MR) is 96.6 cm³/mol. The standard InChI is InChI=1S/C19H15ClF2N2O3/c1-27-19(26)17(6-10-9-23-16-5-3-2-4-11(10)16)24-18(25)12-7-14(21)15(22)8-13(12)20/h2-5,7-9,17,23H,6H2,1H3,(H,24,25). The van der Waals surface area contributed by atoms with E-state index in [4.69, 9.17) is 16.3 Å². The number of benzene rings is 2. The maximum absolute atomic E-state index is 13.5. The van der Waals surface area contributed by atoms with Crippen molar-refractivity contribution in [1.29, 1.82) is 0 Å². The largest absolute Gasteiger partial charge is 0.467 e. The molecule has 1 unspecified atom stereocenters. The van der Waals surface area contributed by atoms with Gasteiger partial charge in [0.1, 0.15) is 6.04 Å². The zero-order valence-corrected chi connectivity index (χ0v) is 14.9. The van der Waals surface area contributed by atoms with Gasteiger partial charge in [-0.25, -0.2) is 13.6 Å². The molecule has 0 aliphatic carbocycles. The van der Waals surface area contributed by atoms with Gasteiger partial charge in [0.05, 0.1) is 17.7 Å². The summed E-state index contributed by atoms with van der Waals surface area (Å²) in [6, 6.07) is 7.84. The van der Waals surface area contributed by atoms with Crippen LogP contribution in [-0.2, 0) is 16.0 Å². The second-order valence-corrected chi connectivity index (χ2v) is 6.27. The summed E-state index contributed by atoms with van der Waals surface area (Å²) in [5.41, 5.74) is 1.40. The minimum absolute atomic E-state index is 0.143. The van der Waals surface area contributed by atoms with Gasteiger partial charge in [-0.3, -0.25) is 4.79 Å². The normalized spacial score (nSPS) is 12.0. The lowest BCUT2D eigenvalue weighted by molar-refractivity contribution is -0.142. The number of halogens is 3. The molecule has 140 valence electrons. The summed E-state index contributed by atoms with van der Waals surface area (Å²) in [5, 5.41) is 3.11. The molecule has 3 aromatic rings. The summed E-state index contributed by atoms with van der Waals surface area (Å²) in [6.07, 6.45) is 1.88. The van der Waals surface area contributed by atoms with E-state index in [9.17, 15) is 18.4 Å². The number of ether oxygens (including phenoxy) is 1. The number of nitrogens with one attached hydrogen (secondary N) is 2. The fourth-order valence-electron chi connectivity index (χ4n) is 2.79. The fraction of sp³-hybridized carbons (Fsp3) is 0.158. The number of esters is 1. The Labute approximate surface area is 158 Å². The molecule has 1 atom stereocenters. The van der Waals surface area contributed by atoms with Crippen LogP contribution in [0, 0.1) is 11.6 Å². The highest BCUT2D eigenvalue weighted by Gasteiger charge is 2.25. The average molecular weight is 393 g/mol. The van der Waals surface area contributed by atoms with E-state index in [1.807, 2.05) is 24.3 Å². The van der Waals surface area contributed by atoms with Gasteiger partial charge in [-0.1, -0.05) is 29.8 Å². The summed E-state index contributed by atoms with van der Waals surface area (Å²) in [4.78, 5) is 27.7. The topological polar surface area (TPSA) is 71.2 Å². The summed E-state index contributed by atoms with van der Waals surface area (Å²) < 4.78 is 31.4. The number of hydrogen-bond acceptors (Lipinski definition) is 3. The molecule has 0 radical (unpaired) electrons. The zero-order chi connectivity index (χ0) is 19.6. The van der Waals surface area contributed by atoms with E-state index < -0.39 is 29.6 Å². The molecule has 0 aliphatic heterocycles. The SMILES string of the molecule is COC(=O)C(Cc1c[nH]c2ccccc12)NC(=O)c1cc(F)c(F)cc1Cl. The number of carbonyl (C=O) groups excluding carboxylic acids is 2. The van der Waals surface area contributed by atoms with Gasteiger partial charge < -0.3 is 15.0 Å². The second kappa shape index (κ2) is 7.75. The van der Waals surface area contributed by atoms with Crippen molar-refractivity contribution < 1.29 is 23.1 Å². The van der Waals surface area contributed by atoms with E-state index >= 15 is 0 Å². The maximum Gasteiger partial charge on any atom is 0.328 e. The Bertz CT molecular complexity index is 1020. The number of rotatable bonds is 5. The van der Waals surface area contributed by atoms with Gasteiger partial charge in [0, 0.05) is 23.5 Å². The van der Waals surface area contributed by atoms with Gasteiger partial charge in [-0.05, 0) is 23.8 Å². The third kappa shape index (κ3) is 3.93. The molecule has 0 saturated carbocycles. The van der Waals surface area contributed by atoms with Crippen LogP contribution in [0.2, 0.25) is 5.02 Å². The number of aromatic amines is 1. The molecule has 2 aromatic carbocycles. The highest BCUT2D eigenvalue weighted by Crippen LogP contribution is 2.22. The number of H-pyrrole nitrogens is 1. The van der Waals surface area contributed by atoms with Crippen LogP contribution < -0.4 is 5.32 Å². The average Bonchev–Trinajstić information content (AvgIpc) is 3.06. The molecule has 0 saturated heterocycles. The van der Waals surface area contributed by atoms with Crippen molar-refractivity contribution in [3.8, 4) is 0 Å². The Morgan fingerprint density at radius 1 is 1.22 bits per heavy atom. The first-order chi connectivity index (χ1) is 12.9. The Morgan fingerprint density at radius 2 is 1.93 bits per heavy atom. The molecule has 27 heavy (non-hydrogen) atoms. The molecule has 8 heteroatoms. The second-order valence-electron chi connectivity index (χ2n) is 5.86. The molecule has 1 aromatic heterocycles. The molecule has 1 heterocycles. The van der Waals surface area contributed by atoms with Crippen LogP contribution in [0.1, 0.15) is 15.9 Å². The van der Waals surface area contributed by atoms with E-state index in [1.54, 1.807) is 6.20 Å². The minimum atomic E-state index is -1.21. The Balaban J connectivity index is 1.86. The van der Waals surface area contributed by atoms with Gasteiger partial charge in [0.25, 0.3) is 5.91 Å². The summed E-state index contributed by atoms with van der Waals surface area (Å²) >= 11 is 5.83. The highest BCUT2D eigenvalue weighted by atomic mass is 35.5. The van der Waals surface area contributed by atoms with Crippen molar-refractivity contribution in [3.63, 3.8) is 0 Å². The molecule has 0 aliphatic rings. The summed E-state index contributed by atoms with van der Waals surface area (Å²) in [6.45, 7) is 0. The van der Waals surface area contributed by atoms with Crippen molar-refractivity contribution in [2.75, 3.05) is 7.11 Å². The van der Waals surface area contributed by atoms with E-state index in [2.05, 4.69) is 10.3 Å². The fourth-order valence-corrected chi connectivity index (χ4v) is 3.02. The van der Waals surface area contributed by atoms with E-state index in [0.717, 1.165) is 16.5 Å². The van der Waals surface area contributed by atoms with Gasteiger partial charge in [-0.2, -0.15) is 0 Å². The van der Waals surface area contributed by atoms with Crippen molar-refractivity contribution in [3.05, 3.63) is 70.4 Å². The molecule has 1 amide bonds. The van der Waals surface area contributed by atoms with Crippen LogP contribution in [0.3, 0.4) is 0 Å². The zero-order valence-electron chi connectivity index (χ0n) is 14.2. The first-order valence-electron chi connectivity index (χ1n) is 7.99. The molecule has 0 fully saturated rings. The smallest absolute Gasteiger partial charge is 0.328 e. The molecule has 3 rings (SSSR count). The molecule has 0 spiro atoms. The number of aromatic nitrogens is 1. The third-order valence-electron chi connectivity index (χ3n) is 4.14. The van der Waals surface area contributed by atoms with Crippen molar-refractivity contribution in [2.24, 2.45) is 0 Å². The quantitative estimate of drug-likeness (QED) is 0.514. The molecular weight excluding hydrogens is 378 g/mol. The van der Waals surface area contributed by atoms with E-state index in [1.165, 1.54) is 7.11 Å². The Kier molecular flexibility index (Phi) is 5.41. The van der Waals surface area contributed by atoms with Crippen LogP contribution >= 0.6 is 11.6 Å². The van der Waals surface area contributed by atoms with Crippen molar-refractivity contribution >= 4 is 34.4 Å². The number of amides is 1. The van der Waals surface area contributed by atoms with Gasteiger partial charge in [0.2, 0.25) is 0 Å². The lowest BCUT2D eigenvalue weighted by atomic mass is 10.0. The minimum Gasteiger partial charge on any atom is -0.467 e. The maximum atomic E-state index is 13.5. The first kappa shape index (κ1) is 18.8. The molecule has 2 N–H and O–H groups in total. The van der Waals surface area contributed by atoms with E-state index in [-0.39, 0.29) is 17.0 Å². The Morgan fingerprint density at radius 3 is 2.67 bits per heavy atom. The highest BCUT2D eigenvalue weighted by molar-refractivity contribution is 6.33. The number of carbonyl (C=O) groups is 2. The first-order valence-corrected chi connectivity index (χ1v) is 8.36. The molecule has 0 bridgehead atoms. The number of hydrogen-bond donors (Lipinski definition) is 2. The Hall–Kier alpha value is -2.93. The van der Waals surface area contributed by atoms with Crippen LogP contribution in [0.15, 0.2) is 42.6 Å². The van der Waals surface area contributed by atoms with E-state index in [0.29, 0.717) is 12.1 Å². The third-order valence-corrected chi connectivity index (χ3v) is 4.46. The number of methoxy groups -OCH3 is 1. The van der Waals surface area contributed by atoms with Gasteiger partial charge in [0.15, 0.2) is 11.6 Å². The van der Waals surface area contributed by atoms with Crippen LogP contribution in [0.4, 0.5) is 8.78 Å². The van der Waals surface area contributed by atoms with Crippen LogP contribution in [-0.4, -0.2) is 30.0 Å². The predicted octanol–water partition coefficient (Wildman–Crippen LogP) is 3.61. The molecular formula is C19H15ClF2N2O3. The lowest BCUT2D eigenvalue weighted by Gasteiger charge is -2.17. The lowest BCUT2D eigenvalue weighted by Crippen LogP contribution is -2.43. The van der Waals surface area contributed by atoms with Crippen LogP contribution in [0.5, 0.6) is 0 Å². The number of fused-ring (bicyclic) bond motifs is 1. The summed E-state index contributed by atoms with van der Waals surface area (Å²) in [5.74, 6) is -3.86. The summed E-state index contributed by atoms with van der Waals surface area (Å²) in [7, 11) is 1.20. The molecule has 5 nitrogen and oxygen atoms in total. The van der Waals surface area contributed by atoms with Gasteiger partial charge >= 0.3 is 5.97 Å². The van der Waals surface area contributed by atoms with Gasteiger partial charge in [-0.15, -0.1) is 0 Å². The monoisotopic (exact) mass is 392 g/mol. The van der Waals surface area contributed by atoms with Crippen molar-refractivity contribution in [1.82, 2.24) is 10.3 Å².